The molecule has 9 heteroatoms. The first kappa shape index (κ1) is 31.2. The van der Waals surface area contributed by atoms with Crippen molar-refractivity contribution in [2.24, 2.45) is 0 Å². The minimum Gasteiger partial charge on any atom is -0.352 e. The highest BCUT2D eigenvalue weighted by Gasteiger charge is 2.33. The number of nitrogens with one attached hydrogen (secondary N) is 1. The topological polar surface area (TPSA) is 86.8 Å². The van der Waals surface area contributed by atoms with Crippen LogP contribution in [-0.4, -0.2) is 50.0 Å². The Morgan fingerprint density at radius 3 is 2.20 bits per heavy atom. The molecular formula is C31H38ClN3O4S. The van der Waals surface area contributed by atoms with Gasteiger partial charge in [-0.05, 0) is 67.6 Å². The van der Waals surface area contributed by atoms with Crippen molar-refractivity contribution in [3.63, 3.8) is 0 Å². The molecular weight excluding hydrogens is 546 g/mol. The maximum absolute atomic E-state index is 14.1. The normalized spacial score (nSPS) is 12.8. The number of aryl methyl sites for hydroxylation is 2. The number of hydrogen-bond donors (Lipinski definition) is 1. The third-order valence-corrected chi connectivity index (χ3v) is 8.54. The number of hydrogen-bond acceptors (Lipinski definition) is 4. The maximum Gasteiger partial charge on any atom is 0.244 e. The van der Waals surface area contributed by atoms with E-state index < -0.39 is 28.5 Å². The van der Waals surface area contributed by atoms with Crippen LogP contribution in [0.3, 0.4) is 0 Å². The first-order valence-corrected chi connectivity index (χ1v) is 15.6. The van der Waals surface area contributed by atoms with Crippen LogP contribution in [0.1, 0.15) is 42.5 Å². The Kier molecular flexibility index (Phi) is 10.8. The van der Waals surface area contributed by atoms with E-state index in [1.165, 1.54) is 4.90 Å². The van der Waals surface area contributed by atoms with Crippen molar-refractivity contribution < 1.29 is 18.0 Å². The second-order valence-electron chi connectivity index (χ2n) is 10.2. The van der Waals surface area contributed by atoms with Crippen LogP contribution in [0.5, 0.6) is 0 Å². The summed E-state index contributed by atoms with van der Waals surface area (Å²) in [6, 6.07) is 20.8. The minimum atomic E-state index is -3.83. The standard InChI is InChI=1S/C31H38ClN3O4S/c1-6-24(4)33-31(37)29(19-25-12-8-7-9-13-25)34(20-26-14-10-11-15-28(26)32)30(36)21-35(40(5,38)39)27-17-16-22(2)23(3)18-27/h7-18,24,29H,6,19-21H2,1-5H3,(H,33,37)/t24-,29+/m1/s1. The van der Waals surface area contributed by atoms with E-state index in [0.29, 0.717) is 16.3 Å². The molecule has 3 rings (SSSR count). The second-order valence-corrected chi connectivity index (χ2v) is 12.5. The zero-order chi connectivity index (χ0) is 29.4. The quantitative estimate of drug-likeness (QED) is 0.314. The van der Waals surface area contributed by atoms with Gasteiger partial charge >= 0.3 is 0 Å². The second kappa shape index (κ2) is 13.8. The largest absolute Gasteiger partial charge is 0.352 e. The summed E-state index contributed by atoms with van der Waals surface area (Å²) in [5, 5.41) is 3.47. The van der Waals surface area contributed by atoms with Crippen LogP contribution in [0, 0.1) is 13.8 Å². The number of carbonyl (C=O) groups is 2. The Morgan fingerprint density at radius 1 is 0.950 bits per heavy atom. The monoisotopic (exact) mass is 583 g/mol. The number of benzene rings is 3. The Labute approximate surface area is 243 Å². The number of sulfonamides is 1. The molecule has 2 amide bonds. The van der Waals surface area contributed by atoms with Crippen LogP contribution >= 0.6 is 11.6 Å². The molecule has 0 aliphatic heterocycles. The molecule has 0 spiro atoms. The highest BCUT2D eigenvalue weighted by atomic mass is 35.5. The molecule has 214 valence electrons. The lowest BCUT2D eigenvalue weighted by atomic mass is 10.0. The molecule has 40 heavy (non-hydrogen) atoms. The van der Waals surface area contributed by atoms with Gasteiger partial charge in [-0.2, -0.15) is 0 Å². The molecule has 3 aromatic carbocycles. The lowest BCUT2D eigenvalue weighted by Crippen LogP contribution is -2.54. The van der Waals surface area contributed by atoms with E-state index in [0.717, 1.165) is 33.7 Å². The lowest BCUT2D eigenvalue weighted by molar-refractivity contribution is -0.140. The maximum atomic E-state index is 14.1. The molecule has 0 aliphatic rings. The van der Waals surface area contributed by atoms with Gasteiger partial charge in [-0.15, -0.1) is 0 Å². The predicted molar refractivity (Wildman–Crippen MR) is 162 cm³/mol. The summed E-state index contributed by atoms with van der Waals surface area (Å²) < 4.78 is 27.0. The van der Waals surface area contributed by atoms with Gasteiger partial charge < -0.3 is 10.2 Å². The van der Waals surface area contributed by atoms with Gasteiger partial charge in [0.05, 0.1) is 11.9 Å². The highest BCUT2D eigenvalue weighted by molar-refractivity contribution is 7.92. The highest BCUT2D eigenvalue weighted by Crippen LogP contribution is 2.24. The van der Waals surface area contributed by atoms with Crippen LogP contribution in [0.15, 0.2) is 72.8 Å². The van der Waals surface area contributed by atoms with E-state index in [1.54, 1.807) is 30.3 Å². The smallest absolute Gasteiger partial charge is 0.244 e. The molecule has 0 heterocycles. The minimum absolute atomic E-state index is 0.0362. The van der Waals surface area contributed by atoms with E-state index >= 15 is 0 Å². The number of anilines is 1. The van der Waals surface area contributed by atoms with Crippen molar-refractivity contribution in [1.29, 1.82) is 0 Å². The van der Waals surface area contributed by atoms with Crippen LogP contribution in [0.4, 0.5) is 5.69 Å². The van der Waals surface area contributed by atoms with Crippen LogP contribution < -0.4 is 9.62 Å². The Bertz CT molecular complexity index is 1430. The summed E-state index contributed by atoms with van der Waals surface area (Å²) in [6.45, 7) is 7.27. The van der Waals surface area contributed by atoms with E-state index in [-0.39, 0.29) is 24.9 Å². The summed E-state index contributed by atoms with van der Waals surface area (Å²) in [5.41, 5.74) is 3.83. The molecule has 0 bridgehead atoms. The number of halogens is 1. The third-order valence-electron chi connectivity index (χ3n) is 7.03. The first-order valence-electron chi connectivity index (χ1n) is 13.3. The van der Waals surface area contributed by atoms with Crippen molar-refractivity contribution >= 4 is 39.1 Å². The van der Waals surface area contributed by atoms with E-state index in [4.69, 9.17) is 11.6 Å². The van der Waals surface area contributed by atoms with Crippen molar-refractivity contribution in [1.82, 2.24) is 10.2 Å². The van der Waals surface area contributed by atoms with Gasteiger partial charge in [0.25, 0.3) is 0 Å². The zero-order valence-corrected chi connectivity index (χ0v) is 25.3. The van der Waals surface area contributed by atoms with Gasteiger partial charge in [0, 0.05) is 24.0 Å². The average Bonchev–Trinajstić information content (AvgIpc) is 2.91. The predicted octanol–water partition coefficient (Wildman–Crippen LogP) is 5.28. The molecule has 0 unspecified atom stereocenters. The lowest BCUT2D eigenvalue weighted by Gasteiger charge is -2.34. The zero-order valence-electron chi connectivity index (χ0n) is 23.7. The molecule has 0 fully saturated rings. The van der Waals surface area contributed by atoms with Crippen molar-refractivity contribution in [2.45, 2.75) is 59.2 Å². The van der Waals surface area contributed by atoms with E-state index in [9.17, 15) is 18.0 Å². The van der Waals surface area contributed by atoms with Crippen LogP contribution in [-0.2, 0) is 32.6 Å². The molecule has 0 aliphatic carbocycles. The summed E-state index contributed by atoms with van der Waals surface area (Å²) in [5.74, 6) is -0.820. The number of nitrogens with zero attached hydrogens (tertiary/aromatic N) is 2. The summed E-state index contributed by atoms with van der Waals surface area (Å²) in [6.07, 6.45) is 2.05. The molecule has 0 saturated heterocycles. The molecule has 1 N–H and O–H groups in total. The molecule has 0 radical (unpaired) electrons. The molecule has 3 aromatic rings. The molecule has 7 nitrogen and oxygen atoms in total. The third kappa shape index (κ3) is 8.32. The van der Waals surface area contributed by atoms with Gasteiger partial charge in [-0.25, -0.2) is 8.42 Å². The molecule has 0 aromatic heterocycles. The fourth-order valence-corrected chi connectivity index (χ4v) is 5.34. The Balaban J connectivity index is 2.08. The number of amides is 2. The fraction of sp³-hybridized carbons (Fsp3) is 0.355. The summed E-state index contributed by atoms with van der Waals surface area (Å²) in [4.78, 5) is 29.3. The Hall–Kier alpha value is -3.36. The fourth-order valence-electron chi connectivity index (χ4n) is 4.30. The van der Waals surface area contributed by atoms with Crippen molar-refractivity contribution in [3.05, 3.63) is 100 Å². The van der Waals surface area contributed by atoms with Crippen molar-refractivity contribution in [3.8, 4) is 0 Å². The van der Waals surface area contributed by atoms with Gasteiger partial charge in [0.1, 0.15) is 12.6 Å². The number of rotatable bonds is 12. The van der Waals surface area contributed by atoms with Gasteiger partial charge in [-0.1, -0.05) is 73.1 Å². The summed E-state index contributed by atoms with van der Waals surface area (Å²) in [7, 11) is -3.83. The summed E-state index contributed by atoms with van der Waals surface area (Å²) >= 11 is 6.49. The SMILES string of the molecule is CC[C@@H](C)NC(=O)[C@H](Cc1ccccc1)N(Cc1ccccc1Cl)C(=O)CN(c1ccc(C)c(C)c1)S(C)(=O)=O. The van der Waals surface area contributed by atoms with Gasteiger partial charge in [-0.3, -0.25) is 13.9 Å². The first-order chi connectivity index (χ1) is 18.9. The molecule has 0 saturated carbocycles. The van der Waals surface area contributed by atoms with Crippen LogP contribution in [0.2, 0.25) is 5.02 Å². The van der Waals surface area contributed by atoms with Gasteiger partial charge in [0.2, 0.25) is 21.8 Å². The van der Waals surface area contributed by atoms with Crippen molar-refractivity contribution in [2.75, 3.05) is 17.1 Å². The van der Waals surface area contributed by atoms with E-state index in [2.05, 4.69) is 5.32 Å². The van der Waals surface area contributed by atoms with Gasteiger partial charge in [0.15, 0.2) is 0 Å². The van der Waals surface area contributed by atoms with E-state index in [1.807, 2.05) is 70.2 Å². The average molecular weight is 584 g/mol. The molecule has 2 atom stereocenters. The number of carbonyl (C=O) groups excluding carboxylic acids is 2. The van der Waals surface area contributed by atoms with Crippen LogP contribution in [0.25, 0.3) is 0 Å². The Morgan fingerprint density at radius 2 is 1.60 bits per heavy atom.